The van der Waals surface area contributed by atoms with E-state index in [9.17, 15) is 4.79 Å². The van der Waals surface area contributed by atoms with Gasteiger partial charge in [-0.1, -0.05) is 0 Å². The average molecular weight is 336 g/mol. The third-order valence-corrected chi connectivity index (χ3v) is 4.96. The number of aryl methyl sites for hydroxylation is 2. The van der Waals surface area contributed by atoms with Gasteiger partial charge < -0.3 is 15.0 Å². The van der Waals surface area contributed by atoms with Crippen molar-refractivity contribution in [3.05, 3.63) is 17.0 Å². The molecule has 1 aliphatic heterocycles. The minimum atomic E-state index is 0.00638. The van der Waals surface area contributed by atoms with Gasteiger partial charge in [-0.3, -0.25) is 4.68 Å². The van der Waals surface area contributed by atoms with E-state index in [4.69, 9.17) is 4.74 Å². The summed E-state index contributed by atoms with van der Waals surface area (Å²) in [5.74, 6) is 0. The number of ether oxygens (including phenoxy) is 1. The van der Waals surface area contributed by atoms with Crippen molar-refractivity contribution >= 4 is 6.03 Å². The summed E-state index contributed by atoms with van der Waals surface area (Å²) in [6.45, 7) is 9.41. The Balaban J connectivity index is 1.58. The highest BCUT2D eigenvalue weighted by Crippen LogP contribution is 2.16. The van der Waals surface area contributed by atoms with Crippen LogP contribution < -0.4 is 5.32 Å². The van der Waals surface area contributed by atoms with Crippen molar-refractivity contribution in [2.45, 2.75) is 65.5 Å². The summed E-state index contributed by atoms with van der Waals surface area (Å²) in [7, 11) is 1.86. The maximum atomic E-state index is 12.1. The highest BCUT2D eigenvalue weighted by atomic mass is 16.5. The number of nitrogens with one attached hydrogen (secondary N) is 1. The predicted molar refractivity (Wildman–Crippen MR) is 95.3 cm³/mol. The Morgan fingerprint density at radius 1 is 1.38 bits per heavy atom. The number of hydrogen-bond acceptors (Lipinski definition) is 3. The minimum absolute atomic E-state index is 0.00638. The van der Waals surface area contributed by atoms with Crippen molar-refractivity contribution in [3.63, 3.8) is 0 Å². The molecule has 0 saturated carbocycles. The standard InChI is InChI=1S/C18H32N4O2/c1-14-15(2)20-22(16(14)3)12-7-10-19-18(23)21(4)11-5-8-17-9-6-13-24-17/h17H,5-13H2,1-4H3,(H,19,23)/t17-/m0/s1. The van der Waals surface area contributed by atoms with E-state index in [1.54, 1.807) is 4.90 Å². The van der Waals surface area contributed by atoms with Gasteiger partial charge in [0.05, 0.1) is 11.8 Å². The average Bonchev–Trinajstić information content (AvgIpc) is 3.16. The molecule has 1 aromatic rings. The molecule has 6 nitrogen and oxygen atoms in total. The van der Waals surface area contributed by atoms with Crippen molar-refractivity contribution < 1.29 is 9.53 Å². The number of rotatable bonds is 8. The smallest absolute Gasteiger partial charge is 0.317 e. The lowest BCUT2D eigenvalue weighted by Gasteiger charge is -2.19. The lowest BCUT2D eigenvalue weighted by Crippen LogP contribution is -2.38. The Morgan fingerprint density at radius 2 is 2.17 bits per heavy atom. The first-order valence-corrected chi connectivity index (χ1v) is 9.10. The minimum Gasteiger partial charge on any atom is -0.378 e. The first-order valence-electron chi connectivity index (χ1n) is 9.10. The molecule has 1 N–H and O–H groups in total. The van der Waals surface area contributed by atoms with Crippen molar-refractivity contribution in [1.29, 1.82) is 0 Å². The molecule has 136 valence electrons. The molecule has 2 amide bonds. The largest absolute Gasteiger partial charge is 0.378 e. The number of aromatic nitrogens is 2. The van der Waals surface area contributed by atoms with E-state index in [1.165, 1.54) is 24.1 Å². The van der Waals surface area contributed by atoms with Crippen molar-refractivity contribution in [3.8, 4) is 0 Å². The summed E-state index contributed by atoms with van der Waals surface area (Å²) in [5, 5.41) is 7.51. The van der Waals surface area contributed by atoms with Gasteiger partial charge in [0, 0.05) is 39.0 Å². The number of urea groups is 1. The van der Waals surface area contributed by atoms with Gasteiger partial charge in [0.2, 0.25) is 0 Å². The fourth-order valence-electron chi connectivity index (χ4n) is 3.09. The first-order chi connectivity index (χ1) is 11.5. The SMILES string of the molecule is Cc1nn(CCCNC(=O)N(C)CCC[C@H]2CCCO2)c(C)c1C. The second kappa shape index (κ2) is 9.06. The molecule has 1 atom stereocenters. The van der Waals surface area contributed by atoms with Crippen LogP contribution in [0.3, 0.4) is 0 Å². The van der Waals surface area contributed by atoms with Crippen molar-refractivity contribution in [2.24, 2.45) is 0 Å². The van der Waals surface area contributed by atoms with Crippen LogP contribution in [0.2, 0.25) is 0 Å². The molecule has 1 fully saturated rings. The van der Waals surface area contributed by atoms with Gasteiger partial charge in [0.15, 0.2) is 0 Å². The Hall–Kier alpha value is -1.56. The summed E-state index contributed by atoms with van der Waals surface area (Å²) < 4.78 is 7.64. The Kier molecular flexibility index (Phi) is 7.09. The summed E-state index contributed by atoms with van der Waals surface area (Å²) in [5.41, 5.74) is 3.55. The van der Waals surface area contributed by atoms with E-state index in [1.807, 2.05) is 18.7 Å². The van der Waals surface area contributed by atoms with Gasteiger partial charge in [-0.15, -0.1) is 0 Å². The van der Waals surface area contributed by atoms with Crippen LogP contribution in [0.25, 0.3) is 0 Å². The maximum Gasteiger partial charge on any atom is 0.317 e. The summed E-state index contributed by atoms with van der Waals surface area (Å²) in [6, 6.07) is 0.00638. The number of carbonyl (C=O) groups excluding carboxylic acids is 1. The van der Waals surface area contributed by atoms with Crippen LogP contribution in [-0.2, 0) is 11.3 Å². The van der Waals surface area contributed by atoms with Gasteiger partial charge in [-0.05, 0) is 58.4 Å². The molecule has 2 rings (SSSR count). The van der Waals surface area contributed by atoms with Crippen LogP contribution in [0.4, 0.5) is 4.79 Å². The Morgan fingerprint density at radius 3 is 2.79 bits per heavy atom. The van der Waals surface area contributed by atoms with Crippen LogP contribution in [0.1, 0.15) is 49.1 Å². The fraction of sp³-hybridized carbons (Fsp3) is 0.778. The van der Waals surface area contributed by atoms with Gasteiger partial charge in [0.1, 0.15) is 0 Å². The maximum absolute atomic E-state index is 12.1. The number of amides is 2. The third kappa shape index (κ3) is 5.23. The molecule has 0 aromatic carbocycles. The normalized spacial score (nSPS) is 17.2. The zero-order chi connectivity index (χ0) is 17.5. The molecule has 1 aromatic heterocycles. The lowest BCUT2D eigenvalue weighted by atomic mass is 10.1. The summed E-state index contributed by atoms with van der Waals surface area (Å²) in [6.07, 6.45) is 5.69. The molecule has 2 heterocycles. The molecule has 1 aliphatic rings. The molecule has 0 spiro atoms. The van der Waals surface area contributed by atoms with E-state index in [2.05, 4.69) is 24.3 Å². The van der Waals surface area contributed by atoms with E-state index in [0.29, 0.717) is 12.6 Å². The predicted octanol–water partition coefficient (Wildman–Crippen LogP) is 2.80. The molecule has 0 bridgehead atoms. The summed E-state index contributed by atoms with van der Waals surface area (Å²) >= 11 is 0. The van der Waals surface area contributed by atoms with E-state index >= 15 is 0 Å². The van der Waals surface area contributed by atoms with Crippen molar-refractivity contribution in [1.82, 2.24) is 20.0 Å². The topological polar surface area (TPSA) is 59.4 Å². The Bertz CT molecular complexity index is 535. The molecular formula is C18H32N4O2. The van der Waals surface area contributed by atoms with Gasteiger partial charge >= 0.3 is 6.03 Å². The quantitative estimate of drug-likeness (QED) is 0.743. The van der Waals surface area contributed by atoms with E-state index in [-0.39, 0.29) is 6.03 Å². The van der Waals surface area contributed by atoms with E-state index in [0.717, 1.165) is 44.7 Å². The van der Waals surface area contributed by atoms with Crippen LogP contribution in [0.5, 0.6) is 0 Å². The van der Waals surface area contributed by atoms with Gasteiger partial charge in [0.25, 0.3) is 0 Å². The zero-order valence-corrected chi connectivity index (χ0v) is 15.6. The molecular weight excluding hydrogens is 304 g/mol. The van der Waals surface area contributed by atoms with Crippen LogP contribution in [0, 0.1) is 20.8 Å². The molecule has 24 heavy (non-hydrogen) atoms. The molecule has 0 radical (unpaired) electrons. The number of carbonyl (C=O) groups is 1. The first kappa shape index (κ1) is 18.8. The van der Waals surface area contributed by atoms with Crippen LogP contribution >= 0.6 is 0 Å². The second-order valence-electron chi connectivity index (χ2n) is 6.80. The lowest BCUT2D eigenvalue weighted by molar-refractivity contribution is 0.100. The van der Waals surface area contributed by atoms with Crippen LogP contribution in [-0.4, -0.2) is 53.6 Å². The van der Waals surface area contributed by atoms with Gasteiger partial charge in [-0.2, -0.15) is 5.10 Å². The molecule has 6 heteroatoms. The van der Waals surface area contributed by atoms with Crippen molar-refractivity contribution in [2.75, 3.05) is 26.7 Å². The summed E-state index contributed by atoms with van der Waals surface area (Å²) in [4.78, 5) is 13.8. The molecule has 1 saturated heterocycles. The molecule has 0 aliphatic carbocycles. The van der Waals surface area contributed by atoms with Crippen LogP contribution in [0.15, 0.2) is 0 Å². The van der Waals surface area contributed by atoms with E-state index < -0.39 is 0 Å². The van der Waals surface area contributed by atoms with Gasteiger partial charge in [-0.25, -0.2) is 4.79 Å². The monoisotopic (exact) mass is 336 g/mol. The Labute approximate surface area is 145 Å². The highest BCUT2D eigenvalue weighted by molar-refractivity contribution is 5.73. The number of nitrogens with zero attached hydrogens (tertiary/aromatic N) is 3. The number of hydrogen-bond donors (Lipinski definition) is 1. The fourth-order valence-corrected chi connectivity index (χ4v) is 3.09. The third-order valence-electron chi connectivity index (χ3n) is 4.96. The second-order valence-corrected chi connectivity index (χ2v) is 6.80. The molecule has 0 unspecified atom stereocenters. The highest BCUT2D eigenvalue weighted by Gasteiger charge is 2.16. The zero-order valence-electron chi connectivity index (χ0n) is 15.6.